The summed E-state index contributed by atoms with van der Waals surface area (Å²) in [5, 5.41) is 27.0. The van der Waals surface area contributed by atoms with Gasteiger partial charge < -0.3 is 24.8 Å². The first-order chi connectivity index (χ1) is 8.87. The van der Waals surface area contributed by atoms with E-state index in [1.165, 1.54) is 6.92 Å². The van der Waals surface area contributed by atoms with Gasteiger partial charge in [0.15, 0.2) is 0 Å². The standard InChI is InChI=1S/C12H20O7/c1-9(2)11(17)19-8-12(5-13,6-14)7-18-4-3-10(15)16/h13-14H,1,3-8H2,2H3,(H,15,16). The minimum absolute atomic E-state index is 0.0501. The Bertz CT molecular complexity index is 320. The molecule has 0 bridgehead atoms. The molecule has 0 amide bonds. The number of carboxylic acids is 1. The van der Waals surface area contributed by atoms with Crippen molar-refractivity contribution in [3.05, 3.63) is 12.2 Å². The predicted molar refractivity (Wildman–Crippen MR) is 65.4 cm³/mol. The highest BCUT2D eigenvalue weighted by molar-refractivity contribution is 5.86. The van der Waals surface area contributed by atoms with Crippen molar-refractivity contribution in [2.45, 2.75) is 13.3 Å². The van der Waals surface area contributed by atoms with Gasteiger partial charge in [0, 0.05) is 5.57 Å². The van der Waals surface area contributed by atoms with E-state index in [-0.39, 0.29) is 31.8 Å². The summed E-state index contributed by atoms with van der Waals surface area (Å²) in [7, 11) is 0. The number of hydrogen-bond donors (Lipinski definition) is 3. The lowest BCUT2D eigenvalue weighted by molar-refractivity contribution is -0.148. The molecule has 0 unspecified atom stereocenters. The highest BCUT2D eigenvalue weighted by Gasteiger charge is 2.31. The van der Waals surface area contributed by atoms with Crippen molar-refractivity contribution in [1.82, 2.24) is 0 Å². The van der Waals surface area contributed by atoms with Crippen LogP contribution in [0.15, 0.2) is 12.2 Å². The maximum Gasteiger partial charge on any atom is 0.333 e. The van der Waals surface area contributed by atoms with E-state index in [1.807, 2.05) is 0 Å². The van der Waals surface area contributed by atoms with Crippen molar-refractivity contribution in [2.24, 2.45) is 5.41 Å². The van der Waals surface area contributed by atoms with Gasteiger partial charge in [-0.25, -0.2) is 4.79 Å². The van der Waals surface area contributed by atoms with Crippen LogP contribution in [0.3, 0.4) is 0 Å². The predicted octanol–water partition coefficient (Wildman–Crippen LogP) is -0.432. The molecule has 0 aromatic heterocycles. The smallest absolute Gasteiger partial charge is 0.333 e. The number of aliphatic carboxylic acids is 1. The van der Waals surface area contributed by atoms with Crippen LogP contribution in [0.5, 0.6) is 0 Å². The Hall–Kier alpha value is -1.44. The third-order valence-electron chi connectivity index (χ3n) is 2.40. The normalized spacial score (nSPS) is 11.1. The summed E-state index contributed by atoms with van der Waals surface area (Å²) in [5.74, 6) is -1.64. The molecule has 7 heteroatoms. The van der Waals surface area contributed by atoms with Crippen LogP contribution in [0.4, 0.5) is 0 Å². The maximum atomic E-state index is 11.2. The summed E-state index contributed by atoms with van der Waals surface area (Å²) in [5.41, 5.74) is -0.944. The van der Waals surface area contributed by atoms with Crippen LogP contribution in [0.2, 0.25) is 0 Å². The molecule has 0 aliphatic carbocycles. The van der Waals surface area contributed by atoms with Crippen molar-refractivity contribution in [1.29, 1.82) is 0 Å². The number of carboxylic acid groups (broad SMARTS) is 1. The number of ether oxygens (including phenoxy) is 2. The highest BCUT2D eigenvalue weighted by Crippen LogP contribution is 2.17. The Morgan fingerprint density at radius 3 is 2.21 bits per heavy atom. The molecule has 0 radical (unpaired) electrons. The van der Waals surface area contributed by atoms with Crippen LogP contribution in [0.25, 0.3) is 0 Å². The van der Waals surface area contributed by atoms with Gasteiger partial charge in [0.2, 0.25) is 0 Å². The number of rotatable bonds is 10. The summed E-state index contributed by atoms with van der Waals surface area (Å²) in [4.78, 5) is 21.5. The van der Waals surface area contributed by atoms with Crippen molar-refractivity contribution < 1.29 is 34.4 Å². The van der Waals surface area contributed by atoms with Crippen LogP contribution in [0.1, 0.15) is 13.3 Å². The fourth-order valence-electron chi connectivity index (χ4n) is 1.06. The Kier molecular flexibility index (Phi) is 7.97. The minimum Gasteiger partial charge on any atom is -0.481 e. The van der Waals surface area contributed by atoms with E-state index >= 15 is 0 Å². The van der Waals surface area contributed by atoms with Crippen LogP contribution in [-0.2, 0) is 19.1 Å². The molecule has 0 aromatic rings. The van der Waals surface area contributed by atoms with Crippen LogP contribution >= 0.6 is 0 Å². The van der Waals surface area contributed by atoms with Gasteiger partial charge in [-0.2, -0.15) is 0 Å². The van der Waals surface area contributed by atoms with Crippen molar-refractivity contribution in [2.75, 3.05) is 33.0 Å². The minimum atomic E-state index is -1.15. The quantitative estimate of drug-likeness (QED) is 0.282. The van der Waals surface area contributed by atoms with Crippen LogP contribution in [0, 0.1) is 5.41 Å². The van der Waals surface area contributed by atoms with Gasteiger partial charge in [-0.05, 0) is 6.92 Å². The van der Waals surface area contributed by atoms with Gasteiger partial charge in [0.05, 0.1) is 38.3 Å². The molecule has 0 fully saturated rings. The van der Waals surface area contributed by atoms with E-state index in [1.54, 1.807) is 0 Å². The zero-order valence-electron chi connectivity index (χ0n) is 10.9. The lowest BCUT2D eigenvalue weighted by Crippen LogP contribution is -2.40. The van der Waals surface area contributed by atoms with Crippen molar-refractivity contribution >= 4 is 11.9 Å². The van der Waals surface area contributed by atoms with Gasteiger partial charge in [-0.3, -0.25) is 4.79 Å². The van der Waals surface area contributed by atoms with Gasteiger partial charge in [-0.15, -0.1) is 0 Å². The molecule has 0 aromatic carbocycles. The summed E-state index contributed by atoms with van der Waals surface area (Å²) in [6.45, 7) is 3.57. The average Bonchev–Trinajstić information content (AvgIpc) is 2.37. The van der Waals surface area contributed by atoms with E-state index in [2.05, 4.69) is 6.58 Å². The lowest BCUT2D eigenvalue weighted by Gasteiger charge is -2.28. The van der Waals surface area contributed by atoms with Crippen LogP contribution in [-0.4, -0.2) is 60.3 Å². The summed E-state index contributed by atoms with van der Waals surface area (Å²) in [6, 6.07) is 0. The molecule has 0 saturated heterocycles. The molecular formula is C12H20O7. The van der Waals surface area contributed by atoms with Gasteiger partial charge in [0.1, 0.15) is 6.61 Å². The van der Waals surface area contributed by atoms with E-state index in [4.69, 9.17) is 14.6 Å². The molecule has 0 atom stereocenters. The molecule has 0 saturated carbocycles. The molecule has 0 aliphatic rings. The van der Waals surface area contributed by atoms with E-state index in [0.717, 1.165) is 0 Å². The van der Waals surface area contributed by atoms with Gasteiger partial charge in [-0.1, -0.05) is 6.58 Å². The fraction of sp³-hybridized carbons (Fsp3) is 0.667. The molecule has 0 spiro atoms. The third-order valence-corrected chi connectivity index (χ3v) is 2.40. The van der Waals surface area contributed by atoms with Crippen molar-refractivity contribution in [3.63, 3.8) is 0 Å². The number of aliphatic hydroxyl groups excluding tert-OH is 2. The average molecular weight is 276 g/mol. The largest absolute Gasteiger partial charge is 0.481 e. The van der Waals surface area contributed by atoms with Gasteiger partial charge >= 0.3 is 11.9 Å². The zero-order valence-corrected chi connectivity index (χ0v) is 10.9. The summed E-state index contributed by atoms with van der Waals surface area (Å²) >= 11 is 0. The molecule has 19 heavy (non-hydrogen) atoms. The second-order valence-corrected chi connectivity index (χ2v) is 4.37. The van der Waals surface area contributed by atoms with Crippen molar-refractivity contribution in [3.8, 4) is 0 Å². The molecule has 7 nitrogen and oxygen atoms in total. The fourth-order valence-corrected chi connectivity index (χ4v) is 1.06. The first-order valence-electron chi connectivity index (χ1n) is 5.71. The molecular weight excluding hydrogens is 256 g/mol. The first kappa shape index (κ1) is 17.6. The number of carbonyl (C=O) groups is 2. The molecule has 3 N–H and O–H groups in total. The Morgan fingerprint density at radius 2 is 1.79 bits per heavy atom. The van der Waals surface area contributed by atoms with E-state index in [9.17, 15) is 19.8 Å². The second-order valence-electron chi connectivity index (χ2n) is 4.37. The number of esters is 1. The summed E-state index contributed by atoms with van der Waals surface area (Å²) < 4.78 is 9.94. The Morgan fingerprint density at radius 1 is 1.21 bits per heavy atom. The third kappa shape index (κ3) is 6.90. The summed E-state index contributed by atoms with van der Waals surface area (Å²) in [6.07, 6.45) is -0.182. The SMILES string of the molecule is C=C(C)C(=O)OCC(CO)(CO)COCCC(=O)O. The zero-order chi connectivity index (χ0) is 14.9. The van der Waals surface area contributed by atoms with Gasteiger partial charge in [0.25, 0.3) is 0 Å². The molecule has 110 valence electrons. The topological polar surface area (TPSA) is 113 Å². The second kappa shape index (κ2) is 8.63. The first-order valence-corrected chi connectivity index (χ1v) is 5.71. The number of hydrogen-bond acceptors (Lipinski definition) is 6. The van der Waals surface area contributed by atoms with Crippen LogP contribution < -0.4 is 0 Å². The maximum absolute atomic E-state index is 11.2. The lowest BCUT2D eigenvalue weighted by atomic mass is 9.92. The number of carbonyl (C=O) groups excluding carboxylic acids is 1. The van der Waals surface area contributed by atoms with E-state index < -0.39 is 30.6 Å². The molecule has 0 aliphatic heterocycles. The van der Waals surface area contributed by atoms with E-state index in [0.29, 0.717) is 0 Å². The number of aliphatic hydroxyl groups is 2. The monoisotopic (exact) mass is 276 g/mol. The highest BCUT2D eigenvalue weighted by atomic mass is 16.5. The Balaban J connectivity index is 4.29. The molecule has 0 heterocycles. The molecule has 0 rings (SSSR count). The Labute approximate surface area is 111 Å².